The number of ether oxygens (including phenoxy) is 2. The number of hydrogen-bond acceptors (Lipinski definition) is 3. The normalized spacial score (nSPS) is 25.3. The van der Waals surface area contributed by atoms with Crippen molar-refractivity contribution >= 4 is 5.91 Å². The molecule has 1 amide bonds. The molecule has 2 fully saturated rings. The van der Waals surface area contributed by atoms with Crippen molar-refractivity contribution in [2.75, 3.05) is 19.8 Å². The quantitative estimate of drug-likeness (QED) is 0.858. The topological polar surface area (TPSA) is 38.8 Å². The molecule has 0 radical (unpaired) electrons. The number of hydrogen-bond donors (Lipinski definition) is 0. The van der Waals surface area contributed by atoms with E-state index in [0.717, 1.165) is 18.6 Å². The Morgan fingerprint density at radius 3 is 2.86 bits per heavy atom. The molecule has 1 aliphatic carbocycles. The van der Waals surface area contributed by atoms with Crippen LogP contribution in [0.2, 0.25) is 0 Å². The van der Waals surface area contributed by atoms with Crippen molar-refractivity contribution in [1.29, 1.82) is 0 Å². The second-order valence-corrected chi connectivity index (χ2v) is 5.95. The maximum Gasteiger partial charge on any atom is 0.260 e. The van der Waals surface area contributed by atoms with Crippen LogP contribution in [0.4, 0.5) is 0 Å². The summed E-state index contributed by atoms with van der Waals surface area (Å²) in [4.78, 5) is 14.4. The first-order chi connectivity index (χ1) is 10.2. The maximum absolute atomic E-state index is 12.4. The Kier molecular flexibility index (Phi) is 4.44. The van der Waals surface area contributed by atoms with E-state index < -0.39 is 0 Å². The number of amides is 1. The molecule has 1 aromatic rings. The molecule has 1 saturated carbocycles. The lowest BCUT2D eigenvalue weighted by Crippen LogP contribution is -2.55. The zero-order chi connectivity index (χ0) is 14.7. The van der Waals surface area contributed by atoms with Crippen molar-refractivity contribution < 1.29 is 14.3 Å². The standard InChI is InChI=1S/C17H23NO3/c1-13-6-8-14(9-7-13)21-12-17(19)18-10-11-20-16-5-3-2-4-15(16)18/h6-9,15-16H,2-5,10-12H2,1H3/t15-,16+/m0/s1. The van der Waals surface area contributed by atoms with Crippen molar-refractivity contribution in [3.05, 3.63) is 29.8 Å². The van der Waals surface area contributed by atoms with Crippen LogP contribution in [0, 0.1) is 6.92 Å². The number of nitrogens with zero attached hydrogens (tertiary/aromatic N) is 1. The van der Waals surface area contributed by atoms with Gasteiger partial charge in [0, 0.05) is 6.54 Å². The van der Waals surface area contributed by atoms with E-state index in [4.69, 9.17) is 9.47 Å². The summed E-state index contributed by atoms with van der Waals surface area (Å²) in [6.07, 6.45) is 4.76. The monoisotopic (exact) mass is 289 g/mol. The Bertz CT molecular complexity index is 483. The Balaban J connectivity index is 1.57. The van der Waals surface area contributed by atoms with Gasteiger partial charge in [0.2, 0.25) is 0 Å². The van der Waals surface area contributed by atoms with Crippen LogP contribution in [0.25, 0.3) is 0 Å². The van der Waals surface area contributed by atoms with E-state index in [2.05, 4.69) is 0 Å². The molecule has 114 valence electrons. The van der Waals surface area contributed by atoms with Crippen LogP contribution in [-0.2, 0) is 9.53 Å². The molecule has 2 atom stereocenters. The van der Waals surface area contributed by atoms with Gasteiger partial charge in [0.25, 0.3) is 5.91 Å². The predicted molar refractivity (Wildman–Crippen MR) is 80.4 cm³/mol. The second kappa shape index (κ2) is 6.48. The van der Waals surface area contributed by atoms with Gasteiger partial charge in [-0.25, -0.2) is 0 Å². The zero-order valence-electron chi connectivity index (χ0n) is 12.6. The van der Waals surface area contributed by atoms with E-state index in [1.54, 1.807) is 0 Å². The van der Waals surface area contributed by atoms with Gasteiger partial charge in [-0.15, -0.1) is 0 Å². The molecular formula is C17H23NO3. The van der Waals surface area contributed by atoms with Gasteiger partial charge in [-0.1, -0.05) is 30.5 Å². The predicted octanol–water partition coefficient (Wildman–Crippen LogP) is 2.54. The van der Waals surface area contributed by atoms with Crippen LogP contribution >= 0.6 is 0 Å². The molecule has 21 heavy (non-hydrogen) atoms. The Hall–Kier alpha value is -1.55. The van der Waals surface area contributed by atoms with Crippen LogP contribution in [-0.4, -0.2) is 42.7 Å². The van der Waals surface area contributed by atoms with Gasteiger partial charge in [0.15, 0.2) is 6.61 Å². The molecule has 3 rings (SSSR count). The summed E-state index contributed by atoms with van der Waals surface area (Å²) >= 11 is 0. The minimum Gasteiger partial charge on any atom is -0.484 e. The molecular weight excluding hydrogens is 266 g/mol. The summed E-state index contributed by atoms with van der Waals surface area (Å²) in [6, 6.07) is 8.05. The summed E-state index contributed by atoms with van der Waals surface area (Å²) in [5.41, 5.74) is 1.19. The highest BCUT2D eigenvalue weighted by Gasteiger charge is 2.36. The fraction of sp³-hybridized carbons (Fsp3) is 0.588. The van der Waals surface area contributed by atoms with Gasteiger partial charge >= 0.3 is 0 Å². The van der Waals surface area contributed by atoms with Crippen molar-refractivity contribution in [3.8, 4) is 5.75 Å². The summed E-state index contributed by atoms with van der Waals surface area (Å²) in [6.45, 7) is 3.49. The number of aryl methyl sites for hydroxylation is 1. The van der Waals surface area contributed by atoms with Crippen LogP contribution in [0.3, 0.4) is 0 Å². The van der Waals surface area contributed by atoms with E-state index in [9.17, 15) is 4.79 Å². The van der Waals surface area contributed by atoms with Crippen LogP contribution in [0.5, 0.6) is 5.75 Å². The van der Waals surface area contributed by atoms with Crippen molar-refractivity contribution in [2.24, 2.45) is 0 Å². The molecule has 0 aromatic heterocycles. The highest BCUT2D eigenvalue weighted by Crippen LogP contribution is 2.28. The van der Waals surface area contributed by atoms with E-state index in [0.29, 0.717) is 13.2 Å². The highest BCUT2D eigenvalue weighted by atomic mass is 16.5. The van der Waals surface area contributed by atoms with Gasteiger partial charge in [-0.05, 0) is 31.9 Å². The molecule has 1 aromatic carbocycles. The minimum absolute atomic E-state index is 0.0794. The molecule has 0 bridgehead atoms. The number of fused-ring (bicyclic) bond motifs is 1. The molecule has 0 spiro atoms. The molecule has 2 aliphatic rings. The third-order valence-electron chi connectivity index (χ3n) is 4.44. The van der Waals surface area contributed by atoms with Gasteiger partial charge in [0.05, 0.1) is 18.8 Å². The first-order valence-corrected chi connectivity index (χ1v) is 7.84. The second-order valence-electron chi connectivity index (χ2n) is 5.95. The third-order valence-corrected chi connectivity index (χ3v) is 4.44. The molecule has 1 heterocycles. The largest absolute Gasteiger partial charge is 0.484 e. The fourth-order valence-electron chi connectivity index (χ4n) is 3.27. The summed E-state index contributed by atoms with van der Waals surface area (Å²) in [5.74, 6) is 0.832. The SMILES string of the molecule is Cc1ccc(OCC(=O)N2CCO[C@@H]3CCCC[C@@H]32)cc1. The van der Waals surface area contributed by atoms with Crippen molar-refractivity contribution in [2.45, 2.75) is 44.8 Å². The summed E-state index contributed by atoms with van der Waals surface area (Å²) in [7, 11) is 0. The number of benzene rings is 1. The van der Waals surface area contributed by atoms with E-state index >= 15 is 0 Å². The van der Waals surface area contributed by atoms with Crippen molar-refractivity contribution in [3.63, 3.8) is 0 Å². The fourth-order valence-corrected chi connectivity index (χ4v) is 3.27. The molecule has 4 nitrogen and oxygen atoms in total. The minimum atomic E-state index is 0.0794. The molecule has 1 saturated heterocycles. The highest BCUT2D eigenvalue weighted by molar-refractivity contribution is 5.78. The molecule has 1 aliphatic heterocycles. The maximum atomic E-state index is 12.4. The van der Waals surface area contributed by atoms with Crippen LogP contribution in [0.1, 0.15) is 31.2 Å². The number of carbonyl (C=O) groups is 1. The smallest absolute Gasteiger partial charge is 0.260 e. The number of rotatable bonds is 3. The lowest BCUT2D eigenvalue weighted by atomic mass is 9.90. The lowest BCUT2D eigenvalue weighted by Gasteiger charge is -2.43. The Labute approximate surface area is 126 Å². The summed E-state index contributed by atoms with van der Waals surface area (Å²) in [5, 5.41) is 0. The average molecular weight is 289 g/mol. The van der Waals surface area contributed by atoms with Crippen LogP contribution < -0.4 is 4.74 Å². The van der Waals surface area contributed by atoms with Gasteiger partial charge in [0.1, 0.15) is 5.75 Å². The van der Waals surface area contributed by atoms with Gasteiger partial charge in [-0.3, -0.25) is 4.79 Å². The van der Waals surface area contributed by atoms with Gasteiger partial charge < -0.3 is 14.4 Å². The van der Waals surface area contributed by atoms with E-state index in [-0.39, 0.29) is 24.7 Å². The van der Waals surface area contributed by atoms with E-state index in [1.165, 1.54) is 18.4 Å². The van der Waals surface area contributed by atoms with Crippen LogP contribution in [0.15, 0.2) is 24.3 Å². The average Bonchev–Trinajstić information content (AvgIpc) is 2.53. The number of morpholine rings is 1. The Morgan fingerprint density at radius 2 is 2.05 bits per heavy atom. The number of carbonyl (C=O) groups excluding carboxylic acids is 1. The molecule has 0 unspecified atom stereocenters. The summed E-state index contributed by atoms with van der Waals surface area (Å²) < 4.78 is 11.4. The Morgan fingerprint density at radius 1 is 1.29 bits per heavy atom. The van der Waals surface area contributed by atoms with E-state index in [1.807, 2.05) is 36.1 Å². The zero-order valence-corrected chi connectivity index (χ0v) is 12.6. The molecule has 0 N–H and O–H groups in total. The first-order valence-electron chi connectivity index (χ1n) is 7.84. The third kappa shape index (κ3) is 3.38. The first kappa shape index (κ1) is 14.4. The van der Waals surface area contributed by atoms with Gasteiger partial charge in [-0.2, -0.15) is 0 Å². The van der Waals surface area contributed by atoms with Crippen molar-refractivity contribution in [1.82, 2.24) is 4.90 Å². The molecule has 4 heteroatoms. The lowest BCUT2D eigenvalue weighted by molar-refractivity contribution is -0.151.